The van der Waals surface area contributed by atoms with Gasteiger partial charge in [-0.15, -0.1) is 0 Å². The van der Waals surface area contributed by atoms with Crippen LogP contribution in [0, 0.1) is 6.92 Å². The third kappa shape index (κ3) is 7.00. The minimum atomic E-state index is -4.70. The fourth-order valence-corrected chi connectivity index (χ4v) is 4.76. The van der Waals surface area contributed by atoms with Crippen molar-refractivity contribution < 1.29 is 32.6 Å². The average molecular weight is 593 g/mol. The summed E-state index contributed by atoms with van der Waals surface area (Å²) in [6, 6.07) is 12.6. The highest BCUT2D eigenvalue weighted by Gasteiger charge is 2.33. The zero-order valence-electron chi connectivity index (χ0n) is 22.9. The van der Waals surface area contributed by atoms with E-state index < -0.39 is 29.8 Å². The van der Waals surface area contributed by atoms with Gasteiger partial charge in [-0.2, -0.15) is 13.2 Å². The molecule has 5 rings (SSSR count). The van der Waals surface area contributed by atoms with Gasteiger partial charge in [0.15, 0.2) is 0 Å². The number of carbonyl (C=O) groups is 2. The normalized spacial score (nSPS) is 14.8. The Morgan fingerprint density at radius 2 is 1.93 bits per heavy atom. The lowest BCUT2D eigenvalue weighted by Gasteiger charge is -2.22. The molecule has 0 spiro atoms. The largest absolute Gasteiger partial charge is 0.491 e. The van der Waals surface area contributed by atoms with Gasteiger partial charge in [0.1, 0.15) is 24.5 Å². The van der Waals surface area contributed by atoms with Gasteiger partial charge in [-0.3, -0.25) is 4.79 Å². The van der Waals surface area contributed by atoms with Gasteiger partial charge in [0.2, 0.25) is 0 Å². The van der Waals surface area contributed by atoms with Crippen LogP contribution in [0.2, 0.25) is 0 Å². The summed E-state index contributed by atoms with van der Waals surface area (Å²) in [5, 5.41) is 15.1. The van der Waals surface area contributed by atoms with Crippen molar-refractivity contribution in [2.45, 2.75) is 32.0 Å². The van der Waals surface area contributed by atoms with Crippen LogP contribution in [0.4, 0.5) is 35.2 Å². The lowest BCUT2D eigenvalue weighted by atomic mass is 10.1. The minimum Gasteiger partial charge on any atom is -0.491 e. The van der Waals surface area contributed by atoms with Gasteiger partial charge in [-0.05, 0) is 67.8 Å². The molecule has 1 saturated heterocycles. The molecule has 4 aromatic rings. The van der Waals surface area contributed by atoms with Crippen molar-refractivity contribution in [2.75, 3.05) is 23.8 Å². The Kier molecular flexibility index (Phi) is 8.41. The van der Waals surface area contributed by atoms with E-state index in [0.29, 0.717) is 42.1 Å². The molecule has 3 heterocycles. The molecule has 10 nitrogen and oxygen atoms in total. The van der Waals surface area contributed by atoms with E-state index in [4.69, 9.17) is 4.74 Å². The molecular weight excluding hydrogens is 565 g/mol. The summed E-state index contributed by atoms with van der Waals surface area (Å²) in [5.74, 6) is -0.288. The number of aromatic nitrogens is 3. The first-order chi connectivity index (χ1) is 20.6. The van der Waals surface area contributed by atoms with Crippen molar-refractivity contribution in [3.8, 4) is 17.0 Å². The highest BCUT2D eigenvalue weighted by molar-refractivity contribution is 6.05. The van der Waals surface area contributed by atoms with Gasteiger partial charge in [0.25, 0.3) is 5.91 Å². The Hall–Kier alpha value is -5.20. The molecule has 0 radical (unpaired) electrons. The maximum Gasteiger partial charge on any atom is 0.416 e. The molecule has 2 amide bonds. The van der Waals surface area contributed by atoms with E-state index in [9.17, 15) is 27.9 Å². The van der Waals surface area contributed by atoms with E-state index in [1.807, 2.05) is 13.0 Å². The number of carbonyl (C=O) groups excluding carboxylic acids is 1. The number of benzene rings is 2. The summed E-state index contributed by atoms with van der Waals surface area (Å²) < 4.78 is 46.7. The van der Waals surface area contributed by atoms with Gasteiger partial charge in [0.05, 0.1) is 17.3 Å². The molecule has 43 heavy (non-hydrogen) atoms. The number of likely N-dealkylation sites (tertiary alicyclic amines) is 1. The van der Waals surface area contributed by atoms with Gasteiger partial charge in [0, 0.05) is 47.5 Å². The van der Waals surface area contributed by atoms with Crippen molar-refractivity contribution in [3.63, 3.8) is 0 Å². The number of aryl methyl sites for hydroxylation is 1. The number of rotatable bonds is 8. The molecule has 2 aromatic heterocycles. The second-order valence-corrected chi connectivity index (χ2v) is 9.93. The lowest BCUT2D eigenvalue weighted by molar-refractivity contribution is -0.137. The zero-order valence-corrected chi connectivity index (χ0v) is 22.9. The van der Waals surface area contributed by atoms with Gasteiger partial charge in [-0.1, -0.05) is 6.07 Å². The molecule has 2 aromatic carbocycles. The maximum absolute atomic E-state index is 13.7. The fraction of sp³-hybridized carbons (Fsp3) is 0.233. The highest BCUT2D eigenvalue weighted by Crippen LogP contribution is 2.35. The minimum absolute atomic E-state index is 0.113. The van der Waals surface area contributed by atoms with E-state index in [2.05, 4.69) is 25.6 Å². The monoisotopic (exact) mass is 592 g/mol. The van der Waals surface area contributed by atoms with E-state index in [1.54, 1.807) is 42.7 Å². The van der Waals surface area contributed by atoms with Crippen LogP contribution in [-0.2, 0) is 6.18 Å². The molecule has 3 N–H and O–H groups in total. The van der Waals surface area contributed by atoms with Crippen LogP contribution < -0.4 is 15.4 Å². The van der Waals surface area contributed by atoms with E-state index in [1.165, 1.54) is 17.3 Å². The summed E-state index contributed by atoms with van der Waals surface area (Å²) in [7, 11) is 0. The van der Waals surface area contributed by atoms with Gasteiger partial charge < -0.3 is 25.4 Å². The Labute approximate surface area is 244 Å². The number of carboxylic acid groups (broad SMARTS) is 1. The molecule has 1 fully saturated rings. The van der Waals surface area contributed by atoms with Crippen LogP contribution in [0.15, 0.2) is 73.3 Å². The molecule has 1 aliphatic rings. The number of alkyl halides is 3. The lowest BCUT2D eigenvalue weighted by Crippen LogP contribution is -2.38. The van der Waals surface area contributed by atoms with Crippen LogP contribution in [0.25, 0.3) is 11.3 Å². The summed E-state index contributed by atoms with van der Waals surface area (Å²) >= 11 is 0. The van der Waals surface area contributed by atoms with Gasteiger partial charge in [-0.25, -0.2) is 19.7 Å². The standard InChI is InChI=1S/C30H27F3N6O4/c1-18-6-7-19(12-26(18)38-27-24(5-2-9-35-27)25-8-10-34-17-36-25)28(40)37-21-13-20(30(31,32)33)14-23(15-21)43-16-22-4-3-11-39(22)29(41)42/h2,5-10,12-15,17,22H,3-4,11,16H2,1H3,(H,35,38)(H,37,40)(H,41,42). The Balaban J connectivity index is 1.36. The number of nitrogens with one attached hydrogen (secondary N) is 2. The van der Waals surface area contributed by atoms with E-state index in [0.717, 1.165) is 17.7 Å². The maximum atomic E-state index is 13.7. The van der Waals surface area contributed by atoms with Crippen molar-refractivity contribution in [1.82, 2.24) is 19.9 Å². The SMILES string of the molecule is Cc1ccc(C(=O)Nc2cc(OCC3CCCN3C(=O)O)cc(C(F)(F)F)c2)cc1Nc1ncccc1-c1ccncn1. The van der Waals surface area contributed by atoms with Crippen molar-refractivity contribution >= 4 is 29.2 Å². The number of nitrogens with zero attached hydrogens (tertiary/aromatic N) is 4. The third-order valence-electron chi connectivity index (χ3n) is 6.98. The number of hydrogen-bond acceptors (Lipinski definition) is 7. The fourth-order valence-electron chi connectivity index (χ4n) is 4.76. The Bertz CT molecular complexity index is 1630. The first kappa shape index (κ1) is 29.3. The number of amides is 2. The number of pyridine rings is 1. The smallest absolute Gasteiger partial charge is 0.416 e. The predicted octanol–water partition coefficient (Wildman–Crippen LogP) is 6.38. The van der Waals surface area contributed by atoms with Gasteiger partial charge >= 0.3 is 12.3 Å². The molecule has 0 aliphatic carbocycles. The highest BCUT2D eigenvalue weighted by atomic mass is 19.4. The number of halogens is 3. The van der Waals surface area contributed by atoms with E-state index >= 15 is 0 Å². The molecule has 1 unspecified atom stereocenters. The second-order valence-electron chi connectivity index (χ2n) is 9.93. The number of ether oxygens (including phenoxy) is 1. The molecule has 1 aliphatic heterocycles. The molecule has 0 bridgehead atoms. The van der Waals surface area contributed by atoms with Crippen molar-refractivity contribution in [2.24, 2.45) is 0 Å². The Morgan fingerprint density at radius 1 is 1.09 bits per heavy atom. The predicted molar refractivity (Wildman–Crippen MR) is 152 cm³/mol. The topological polar surface area (TPSA) is 130 Å². The number of anilines is 3. The Morgan fingerprint density at radius 3 is 2.67 bits per heavy atom. The molecule has 13 heteroatoms. The summed E-state index contributed by atoms with van der Waals surface area (Å²) in [4.78, 5) is 38.4. The van der Waals surface area contributed by atoms with Crippen LogP contribution in [-0.4, -0.2) is 56.2 Å². The van der Waals surface area contributed by atoms with Crippen LogP contribution in [0.5, 0.6) is 5.75 Å². The molecule has 1 atom stereocenters. The molecule has 0 saturated carbocycles. The third-order valence-corrected chi connectivity index (χ3v) is 6.98. The average Bonchev–Trinajstić information content (AvgIpc) is 3.47. The van der Waals surface area contributed by atoms with Crippen LogP contribution >= 0.6 is 0 Å². The zero-order chi connectivity index (χ0) is 30.6. The quantitative estimate of drug-likeness (QED) is 0.215. The second kappa shape index (κ2) is 12.3. The first-order valence-electron chi connectivity index (χ1n) is 13.3. The molecule has 222 valence electrons. The van der Waals surface area contributed by atoms with Crippen LogP contribution in [0.1, 0.15) is 34.3 Å². The molecular formula is C30H27F3N6O4. The van der Waals surface area contributed by atoms with Crippen molar-refractivity contribution in [1.29, 1.82) is 0 Å². The van der Waals surface area contributed by atoms with Crippen molar-refractivity contribution in [3.05, 3.63) is 90.0 Å². The van der Waals surface area contributed by atoms with E-state index in [-0.39, 0.29) is 23.6 Å². The number of hydrogen-bond donors (Lipinski definition) is 3. The summed E-state index contributed by atoms with van der Waals surface area (Å²) in [6.07, 6.45) is 0.00808. The first-order valence-corrected chi connectivity index (χ1v) is 13.3. The van der Waals surface area contributed by atoms with Crippen LogP contribution in [0.3, 0.4) is 0 Å². The summed E-state index contributed by atoms with van der Waals surface area (Å²) in [5.41, 5.74) is 1.77. The summed E-state index contributed by atoms with van der Waals surface area (Å²) in [6.45, 7) is 2.06.